The molecule has 0 amide bonds. The molecule has 0 aromatic carbocycles. The SMILES string of the molecule is CCN(c1nccc(C)c1C#N)C1CCCNC1. The standard InChI is InChI=1S/C14H20N4/c1-3-18(12-5-4-7-16-10-12)14-13(9-15)11(2)6-8-17-14/h6,8,12,16H,3-5,7,10H2,1-2H3. The van der Waals surface area contributed by atoms with Gasteiger partial charge >= 0.3 is 0 Å². The molecule has 1 aromatic rings. The Balaban J connectivity index is 2.32. The fraction of sp³-hybridized carbons (Fsp3) is 0.571. The van der Waals surface area contributed by atoms with Gasteiger partial charge in [0.05, 0.1) is 5.56 Å². The number of piperidine rings is 1. The van der Waals surface area contributed by atoms with Gasteiger partial charge in [-0.2, -0.15) is 5.26 Å². The maximum Gasteiger partial charge on any atom is 0.147 e. The summed E-state index contributed by atoms with van der Waals surface area (Å²) in [5.41, 5.74) is 1.72. The Bertz CT molecular complexity index is 444. The number of aryl methyl sites for hydroxylation is 1. The molecule has 1 aliphatic rings. The highest BCUT2D eigenvalue weighted by molar-refractivity contribution is 5.57. The minimum atomic E-state index is 0.449. The molecule has 0 radical (unpaired) electrons. The van der Waals surface area contributed by atoms with Gasteiger partial charge in [0.25, 0.3) is 0 Å². The molecule has 1 unspecified atom stereocenters. The number of likely N-dealkylation sites (N-methyl/N-ethyl adjacent to an activating group) is 1. The fourth-order valence-corrected chi connectivity index (χ4v) is 2.58. The third kappa shape index (κ3) is 2.46. The first-order valence-electron chi connectivity index (χ1n) is 6.61. The maximum atomic E-state index is 9.31. The molecular formula is C14H20N4. The zero-order chi connectivity index (χ0) is 13.0. The molecule has 0 spiro atoms. The van der Waals surface area contributed by atoms with E-state index in [4.69, 9.17) is 0 Å². The Hall–Kier alpha value is -1.60. The summed E-state index contributed by atoms with van der Waals surface area (Å²) in [7, 11) is 0. The number of anilines is 1. The fourth-order valence-electron chi connectivity index (χ4n) is 2.58. The molecule has 0 bridgehead atoms. The van der Waals surface area contributed by atoms with Gasteiger partial charge in [0.1, 0.15) is 11.9 Å². The largest absolute Gasteiger partial charge is 0.352 e. The molecular weight excluding hydrogens is 224 g/mol. The van der Waals surface area contributed by atoms with E-state index in [1.54, 1.807) is 6.20 Å². The van der Waals surface area contributed by atoms with Gasteiger partial charge in [0.2, 0.25) is 0 Å². The van der Waals surface area contributed by atoms with Crippen molar-refractivity contribution in [2.24, 2.45) is 0 Å². The van der Waals surface area contributed by atoms with Crippen LogP contribution in [-0.2, 0) is 0 Å². The average molecular weight is 244 g/mol. The van der Waals surface area contributed by atoms with Crippen molar-refractivity contribution in [3.8, 4) is 6.07 Å². The van der Waals surface area contributed by atoms with Gasteiger partial charge in [-0.25, -0.2) is 4.98 Å². The van der Waals surface area contributed by atoms with Crippen LogP contribution in [0.3, 0.4) is 0 Å². The smallest absolute Gasteiger partial charge is 0.147 e. The predicted octanol–water partition coefficient (Wildman–Crippen LogP) is 1.84. The number of nitrogens with zero attached hydrogens (tertiary/aromatic N) is 3. The summed E-state index contributed by atoms with van der Waals surface area (Å²) in [6, 6.07) is 4.64. The Morgan fingerprint density at radius 2 is 2.44 bits per heavy atom. The van der Waals surface area contributed by atoms with Gasteiger partial charge in [0, 0.05) is 25.3 Å². The zero-order valence-electron chi connectivity index (χ0n) is 11.1. The van der Waals surface area contributed by atoms with Gasteiger partial charge in [-0.05, 0) is 44.9 Å². The van der Waals surface area contributed by atoms with Crippen LogP contribution in [0.15, 0.2) is 12.3 Å². The number of pyridine rings is 1. The van der Waals surface area contributed by atoms with Gasteiger partial charge in [-0.1, -0.05) is 0 Å². The Kier molecular flexibility index (Phi) is 4.16. The van der Waals surface area contributed by atoms with Crippen LogP contribution in [0.5, 0.6) is 0 Å². The highest BCUT2D eigenvalue weighted by atomic mass is 15.2. The van der Waals surface area contributed by atoms with E-state index in [1.807, 2.05) is 13.0 Å². The second kappa shape index (κ2) is 5.83. The van der Waals surface area contributed by atoms with Crippen LogP contribution in [0, 0.1) is 18.3 Å². The van der Waals surface area contributed by atoms with E-state index in [0.717, 1.165) is 31.0 Å². The lowest BCUT2D eigenvalue weighted by Crippen LogP contribution is -2.46. The van der Waals surface area contributed by atoms with E-state index >= 15 is 0 Å². The number of rotatable bonds is 3. The van der Waals surface area contributed by atoms with Crippen molar-refractivity contribution in [2.75, 3.05) is 24.5 Å². The Labute approximate surface area is 109 Å². The number of hydrogen-bond acceptors (Lipinski definition) is 4. The summed E-state index contributed by atoms with van der Waals surface area (Å²) in [5.74, 6) is 0.841. The van der Waals surface area contributed by atoms with E-state index in [0.29, 0.717) is 11.6 Å². The number of nitrogens with one attached hydrogen (secondary N) is 1. The van der Waals surface area contributed by atoms with E-state index in [9.17, 15) is 5.26 Å². The topological polar surface area (TPSA) is 52.0 Å². The van der Waals surface area contributed by atoms with Crippen molar-refractivity contribution in [2.45, 2.75) is 32.7 Å². The summed E-state index contributed by atoms with van der Waals surface area (Å²) >= 11 is 0. The molecule has 4 heteroatoms. The van der Waals surface area contributed by atoms with Crippen LogP contribution in [0.2, 0.25) is 0 Å². The van der Waals surface area contributed by atoms with Crippen molar-refractivity contribution >= 4 is 5.82 Å². The third-order valence-corrected chi connectivity index (χ3v) is 3.58. The minimum absolute atomic E-state index is 0.449. The van der Waals surface area contributed by atoms with Crippen LogP contribution < -0.4 is 10.2 Å². The Morgan fingerprint density at radius 3 is 3.06 bits per heavy atom. The molecule has 1 aliphatic heterocycles. The maximum absolute atomic E-state index is 9.31. The number of nitriles is 1. The molecule has 2 rings (SSSR count). The first-order chi connectivity index (χ1) is 8.77. The monoisotopic (exact) mass is 244 g/mol. The van der Waals surface area contributed by atoms with Crippen molar-refractivity contribution in [1.29, 1.82) is 5.26 Å². The van der Waals surface area contributed by atoms with E-state index in [-0.39, 0.29) is 0 Å². The quantitative estimate of drug-likeness (QED) is 0.881. The molecule has 1 atom stereocenters. The molecule has 0 saturated carbocycles. The normalized spacial score (nSPS) is 19.3. The summed E-state index contributed by atoms with van der Waals surface area (Å²) in [5, 5.41) is 12.7. The van der Waals surface area contributed by atoms with E-state index in [1.165, 1.54) is 12.8 Å². The highest BCUT2D eigenvalue weighted by Gasteiger charge is 2.23. The molecule has 1 fully saturated rings. The van der Waals surface area contributed by atoms with Crippen molar-refractivity contribution < 1.29 is 0 Å². The van der Waals surface area contributed by atoms with Crippen molar-refractivity contribution in [3.63, 3.8) is 0 Å². The number of hydrogen-bond donors (Lipinski definition) is 1. The summed E-state index contributed by atoms with van der Waals surface area (Å²) in [6.07, 6.45) is 4.15. The first-order valence-corrected chi connectivity index (χ1v) is 6.61. The predicted molar refractivity (Wildman–Crippen MR) is 72.6 cm³/mol. The number of aromatic nitrogens is 1. The summed E-state index contributed by atoms with van der Waals surface area (Å²) in [4.78, 5) is 6.69. The summed E-state index contributed by atoms with van der Waals surface area (Å²) < 4.78 is 0. The van der Waals surface area contributed by atoms with Crippen LogP contribution in [0.4, 0.5) is 5.82 Å². The lowest BCUT2D eigenvalue weighted by molar-refractivity contribution is 0.433. The summed E-state index contributed by atoms with van der Waals surface area (Å²) in [6.45, 7) is 7.06. The van der Waals surface area contributed by atoms with Crippen molar-refractivity contribution in [3.05, 3.63) is 23.4 Å². The van der Waals surface area contributed by atoms with Gasteiger partial charge in [-0.15, -0.1) is 0 Å². The van der Waals surface area contributed by atoms with Crippen LogP contribution >= 0.6 is 0 Å². The van der Waals surface area contributed by atoms with Crippen LogP contribution in [0.1, 0.15) is 30.9 Å². The molecule has 18 heavy (non-hydrogen) atoms. The van der Waals surface area contributed by atoms with Gasteiger partial charge in [0.15, 0.2) is 0 Å². The van der Waals surface area contributed by atoms with Crippen molar-refractivity contribution in [1.82, 2.24) is 10.3 Å². The second-order valence-corrected chi connectivity index (χ2v) is 4.72. The first kappa shape index (κ1) is 12.8. The highest BCUT2D eigenvalue weighted by Crippen LogP contribution is 2.24. The van der Waals surface area contributed by atoms with E-state index < -0.39 is 0 Å². The van der Waals surface area contributed by atoms with Gasteiger partial charge in [-0.3, -0.25) is 0 Å². The van der Waals surface area contributed by atoms with Crippen LogP contribution in [-0.4, -0.2) is 30.7 Å². The molecule has 1 aromatic heterocycles. The minimum Gasteiger partial charge on any atom is -0.352 e. The lowest BCUT2D eigenvalue weighted by Gasteiger charge is -2.35. The molecule has 96 valence electrons. The molecule has 4 nitrogen and oxygen atoms in total. The average Bonchev–Trinajstić information content (AvgIpc) is 2.41. The Morgan fingerprint density at radius 1 is 1.61 bits per heavy atom. The molecule has 1 saturated heterocycles. The van der Waals surface area contributed by atoms with Crippen LogP contribution in [0.25, 0.3) is 0 Å². The molecule has 2 heterocycles. The van der Waals surface area contributed by atoms with E-state index in [2.05, 4.69) is 28.2 Å². The zero-order valence-corrected chi connectivity index (χ0v) is 11.1. The third-order valence-electron chi connectivity index (χ3n) is 3.58. The van der Waals surface area contributed by atoms with Gasteiger partial charge < -0.3 is 10.2 Å². The second-order valence-electron chi connectivity index (χ2n) is 4.72. The molecule has 1 N–H and O–H groups in total. The lowest BCUT2D eigenvalue weighted by atomic mass is 10.0. The molecule has 0 aliphatic carbocycles.